The molecule has 1 amide bonds. The molecule has 0 spiro atoms. The van der Waals surface area contributed by atoms with Gasteiger partial charge in [0.05, 0.1) is 5.92 Å². The third kappa shape index (κ3) is 4.67. The highest BCUT2D eigenvalue weighted by Crippen LogP contribution is 2.26. The molecule has 0 aromatic heterocycles. The topological polar surface area (TPSA) is 46.3 Å². The van der Waals surface area contributed by atoms with Gasteiger partial charge in [-0.25, -0.2) is 0 Å². The van der Waals surface area contributed by atoms with E-state index in [9.17, 15) is 4.79 Å². The number of anilines is 1. The van der Waals surface area contributed by atoms with Crippen LogP contribution >= 0.6 is 0 Å². The third-order valence-corrected chi connectivity index (χ3v) is 3.14. The van der Waals surface area contributed by atoms with Crippen molar-refractivity contribution in [3.63, 3.8) is 0 Å². The molecule has 19 heavy (non-hydrogen) atoms. The summed E-state index contributed by atoms with van der Waals surface area (Å²) < 4.78 is 0. The molecule has 1 aromatic carbocycles. The minimum atomic E-state index is -0.111. The van der Waals surface area contributed by atoms with E-state index in [2.05, 4.69) is 20.8 Å². The highest BCUT2D eigenvalue weighted by atomic mass is 16.2. The molecule has 1 rings (SSSR count). The number of para-hydroxylation sites is 1. The van der Waals surface area contributed by atoms with E-state index in [1.54, 1.807) is 0 Å². The van der Waals surface area contributed by atoms with Crippen LogP contribution in [0.25, 0.3) is 0 Å². The molecule has 1 aromatic rings. The Balaban J connectivity index is 2.88. The predicted molar refractivity (Wildman–Crippen MR) is 81.1 cm³/mol. The average Bonchev–Trinajstić information content (AvgIpc) is 2.37. The first-order valence-corrected chi connectivity index (χ1v) is 6.95. The zero-order valence-corrected chi connectivity index (χ0v) is 12.5. The first-order chi connectivity index (χ1) is 8.89. The Morgan fingerprint density at radius 2 is 1.84 bits per heavy atom. The Morgan fingerprint density at radius 3 is 2.26 bits per heavy atom. The fraction of sp³-hybridized carbons (Fsp3) is 0.562. The van der Waals surface area contributed by atoms with Crippen LogP contribution in [0, 0.1) is 11.3 Å². The lowest BCUT2D eigenvalue weighted by molar-refractivity contribution is -0.122. The van der Waals surface area contributed by atoms with Gasteiger partial charge >= 0.3 is 0 Å². The second-order valence-corrected chi connectivity index (χ2v) is 6.12. The van der Waals surface area contributed by atoms with Crippen LogP contribution in [0.15, 0.2) is 30.3 Å². The van der Waals surface area contributed by atoms with Crippen molar-refractivity contribution in [3.05, 3.63) is 30.3 Å². The second kappa shape index (κ2) is 6.71. The van der Waals surface area contributed by atoms with E-state index in [-0.39, 0.29) is 17.2 Å². The van der Waals surface area contributed by atoms with E-state index >= 15 is 0 Å². The van der Waals surface area contributed by atoms with Crippen LogP contribution in [0.1, 0.15) is 34.1 Å². The van der Waals surface area contributed by atoms with Gasteiger partial charge in [0.1, 0.15) is 0 Å². The van der Waals surface area contributed by atoms with Crippen LogP contribution < -0.4 is 10.6 Å². The molecule has 106 valence electrons. The molecule has 3 nitrogen and oxygen atoms in total. The monoisotopic (exact) mass is 262 g/mol. The maximum atomic E-state index is 12.6. The Hall–Kier alpha value is -1.35. The normalized spacial score (nSPS) is 13.1. The summed E-state index contributed by atoms with van der Waals surface area (Å²) in [4.78, 5) is 14.5. The van der Waals surface area contributed by atoms with Gasteiger partial charge < -0.3 is 10.6 Å². The minimum absolute atomic E-state index is 0.107. The molecule has 2 N–H and O–H groups in total. The van der Waals surface area contributed by atoms with Crippen LogP contribution in [-0.4, -0.2) is 19.0 Å². The van der Waals surface area contributed by atoms with Gasteiger partial charge in [-0.3, -0.25) is 4.79 Å². The van der Waals surface area contributed by atoms with Crippen molar-refractivity contribution in [2.75, 3.05) is 18.0 Å². The van der Waals surface area contributed by atoms with Gasteiger partial charge in [0.15, 0.2) is 0 Å². The molecule has 0 saturated heterocycles. The molecule has 0 aliphatic heterocycles. The quantitative estimate of drug-likeness (QED) is 0.886. The summed E-state index contributed by atoms with van der Waals surface area (Å²) in [5.74, 6) is 0.0197. The van der Waals surface area contributed by atoms with Crippen LogP contribution in [0.5, 0.6) is 0 Å². The summed E-state index contributed by atoms with van der Waals surface area (Å²) in [5.41, 5.74) is 6.86. The van der Waals surface area contributed by atoms with Gasteiger partial charge in [-0.1, -0.05) is 39.0 Å². The smallest absolute Gasteiger partial charge is 0.231 e. The Bertz CT molecular complexity index is 395. The number of carbonyl (C=O) groups excluding carboxylic acids is 1. The summed E-state index contributed by atoms with van der Waals surface area (Å²) in [6.45, 7) is 9.49. The number of nitrogens with zero attached hydrogens (tertiary/aromatic N) is 1. The molecule has 0 bridgehead atoms. The van der Waals surface area contributed by atoms with E-state index in [1.807, 2.05) is 42.2 Å². The molecule has 0 aliphatic carbocycles. The molecular formula is C16H26N2O. The summed E-state index contributed by atoms with van der Waals surface area (Å²) in [6.07, 6.45) is 0.811. The van der Waals surface area contributed by atoms with Crippen LogP contribution in [0.3, 0.4) is 0 Å². The lowest BCUT2D eigenvalue weighted by atomic mass is 9.84. The Kier molecular flexibility index (Phi) is 5.55. The van der Waals surface area contributed by atoms with Crippen LogP contribution in [0.4, 0.5) is 5.69 Å². The molecule has 0 radical (unpaired) electrons. The van der Waals surface area contributed by atoms with Crippen molar-refractivity contribution in [1.29, 1.82) is 0 Å². The highest BCUT2D eigenvalue weighted by Gasteiger charge is 2.27. The zero-order chi connectivity index (χ0) is 14.5. The molecule has 0 fully saturated rings. The third-order valence-electron chi connectivity index (χ3n) is 3.14. The van der Waals surface area contributed by atoms with Crippen molar-refractivity contribution in [3.8, 4) is 0 Å². The summed E-state index contributed by atoms with van der Waals surface area (Å²) in [7, 11) is 0. The molecular weight excluding hydrogens is 236 g/mol. The van der Waals surface area contributed by atoms with Crippen molar-refractivity contribution in [1.82, 2.24) is 0 Å². The molecule has 0 saturated carbocycles. The number of hydrogen-bond donors (Lipinski definition) is 1. The van der Waals surface area contributed by atoms with E-state index in [1.165, 1.54) is 0 Å². The van der Waals surface area contributed by atoms with Gasteiger partial charge in [-0.15, -0.1) is 0 Å². The lowest BCUT2D eigenvalue weighted by Crippen LogP contribution is -2.40. The van der Waals surface area contributed by atoms with E-state index in [0.29, 0.717) is 13.1 Å². The largest absolute Gasteiger partial charge is 0.330 e. The van der Waals surface area contributed by atoms with Crippen molar-refractivity contribution < 1.29 is 4.79 Å². The number of carbonyl (C=O) groups is 1. The molecule has 0 heterocycles. The molecule has 3 heteroatoms. The van der Waals surface area contributed by atoms with Crippen molar-refractivity contribution in [2.45, 2.75) is 34.1 Å². The van der Waals surface area contributed by atoms with E-state index in [0.717, 1.165) is 12.1 Å². The van der Waals surface area contributed by atoms with Gasteiger partial charge in [-0.05, 0) is 30.9 Å². The fourth-order valence-corrected chi connectivity index (χ4v) is 2.30. The van der Waals surface area contributed by atoms with Crippen molar-refractivity contribution >= 4 is 11.6 Å². The van der Waals surface area contributed by atoms with Crippen molar-refractivity contribution in [2.24, 2.45) is 17.1 Å². The number of amides is 1. The van der Waals surface area contributed by atoms with Gasteiger partial charge in [0.25, 0.3) is 0 Å². The number of rotatable bonds is 5. The maximum Gasteiger partial charge on any atom is 0.231 e. The minimum Gasteiger partial charge on any atom is -0.330 e. The summed E-state index contributed by atoms with van der Waals surface area (Å²) in [5, 5.41) is 0. The average molecular weight is 262 g/mol. The standard InChI is InChI=1S/C16H26N2O/c1-5-18(14-9-7-6-8-10-14)15(19)13(12-17)11-16(2,3)4/h6-10,13H,5,11-12,17H2,1-4H3. The summed E-state index contributed by atoms with van der Waals surface area (Å²) >= 11 is 0. The van der Waals surface area contributed by atoms with Crippen LogP contribution in [-0.2, 0) is 4.79 Å². The Morgan fingerprint density at radius 1 is 1.26 bits per heavy atom. The zero-order valence-electron chi connectivity index (χ0n) is 12.5. The SMILES string of the molecule is CCN(C(=O)C(CN)CC(C)(C)C)c1ccccc1. The van der Waals surface area contributed by atoms with E-state index in [4.69, 9.17) is 5.73 Å². The van der Waals surface area contributed by atoms with Gasteiger partial charge in [-0.2, -0.15) is 0 Å². The first-order valence-electron chi connectivity index (χ1n) is 6.95. The first kappa shape index (κ1) is 15.7. The van der Waals surface area contributed by atoms with E-state index < -0.39 is 0 Å². The van der Waals surface area contributed by atoms with Crippen LogP contribution in [0.2, 0.25) is 0 Å². The molecule has 1 unspecified atom stereocenters. The highest BCUT2D eigenvalue weighted by molar-refractivity contribution is 5.95. The Labute approximate surface area is 116 Å². The lowest BCUT2D eigenvalue weighted by Gasteiger charge is -2.29. The van der Waals surface area contributed by atoms with Gasteiger partial charge in [0.2, 0.25) is 5.91 Å². The number of nitrogens with two attached hydrogens (primary N) is 1. The summed E-state index contributed by atoms with van der Waals surface area (Å²) in [6, 6.07) is 9.79. The number of hydrogen-bond acceptors (Lipinski definition) is 2. The molecule has 0 aliphatic rings. The molecule has 1 atom stereocenters. The maximum absolute atomic E-state index is 12.6. The number of benzene rings is 1. The van der Waals surface area contributed by atoms with Gasteiger partial charge in [0, 0.05) is 18.8 Å². The fourth-order valence-electron chi connectivity index (χ4n) is 2.30. The predicted octanol–water partition coefficient (Wildman–Crippen LogP) is 3.05. The second-order valence-electron chi connectivity index (χ2n) is 6.12.